The van der Waals surface area contributed by atoms with Crippen LogP contribution < -0.4 is 0 Å². The Hall–Kier alpha value is -1.43. The van der Waals surface area contributed by atoms with E-state index in [9.17, 15) is 9.59 Å². The molecule has 0 spiro atoms. The predicted molar refractivity (Wildman–Crippen MR) is 76.3 cm³/mol. The van der Waals surface area contributed by atoms with E-state index < -0.39 is 0 Å². The first-order valence-electron chi connectivity index (χ1n) is 6.66. The van der Waals surface area contributed by atoms with E-state index in [1.54, 1.807) is 11.8 Å². The summed E-state index contributed by atoms with van der Waals surface area (Å²) in [5, 5.41) is -0.135. The van der Waals surface area contributed by atoms with E-state index in [1.165, 1.54) is 11.8 Å². The summed E-state index contributed by atoms with van der Waals surface area (Å²) < 4.78 is 10.6. The highest BCUT2D eigenvalue weighted by atomic mass is 32.2. The van der Waals surface area contributed by atoms with Gasteiger partial charge in [0.05, 0.1) is 18.8 Å². The minimum Gasteiger partial charge on any atom is -0.466 e. The SMILES string of the molecule is CCOC(=O)CCN1C(=O)CSC1c1cc(C)c(C)o1. The number of furan rings is 1. The summed E-state index contributed by atoms with van der Waals surface area (Å²) in [6.07, 6.45) is 0.218. The first-order chi connectivity index (χ1) is 9.52. The fraction of sp³-hybridized carbons (Fsp3) is 0.571. The summed E-state index contributed by atoms with van der Waals surface area (Å²) in [5.41, 5.74) is 1.07. The number of rotatable bonds is 5. The van der Waals surface area contributed by atoms with Gasteiger partial charge in [-0.25, -0.2) is 0 Å². The first-order valence-corrected chi connectivity index (χ1v) is 7.71. The van der Waals surface area contributed by atoms with Crippen LogP contribution in [0.1, 0.15) is 35.8 Å². The molecule has 0 radical (unpaired) electrons. The number of amides is 1. The van der Waals surface area contributed by atoms with Crippen molar-refractivity contribution in [3.05, 3.63) is 23.2 Å². The molecule has 1 saturated heterocycles. The molecule has 20 heavy (non-hydrogen) atoms. The molecule has 5 nitrogen and oxygen atoms in total. The zero-order chi connectivity index (χ0) is 14.7. The van der Waals surface area contributed by atoms with Gasteiger partial charge in [0.15, 0.2) is 0 Å². The molecule has 1 amide bonds. The molecule has 1 unspecified atom stereocenters. The van der Waals surface area contributed by atoms with E-state index in [2.05, 4.69) is 0 Å². The highest BCUT2D eigenvalue weighted by molar-refractivity contribution is 8.00. The number of esters is 1. The lowest BCUT2D eigenvalue weighted by molar-refractivity contribution is -0.144. The number of ether oxygens (including phenoxy) is 1. The molecule has 1 aliphatic rings. The van der Waals surface area contributed by atoms with Gasteiger partial charge in [0.25, 0.3) is 0 Å². The van der Waals surface area contributed by atoms with Gasteiger partial charge in [0.1, 0.15) is 16.9 Å². The third-order valence-corrected chi connectivity index (χ3v) is 4.47. The number of thioether (sulfide) groups is 1. The normalized spacial score (nSPS) is 18.6. The molecular weight excluding hydrogens is 278 g/mol. The van der Waals surface area contributed by atoms with Crippen LogP contribution in [0.2, 0.25) is 0 Å². The zero-order valence-corrected chi connectivity index (χ0v) is 12.8. The van der Waals surface area contributed by atoms with Gasteiger partial charge in [0, 0.05) is 6.54 Å². The molecule has 1 aliphatic heterocycles. The molecule has 1 aromatic rings. The Kier molecular flexibility index (Phi) is 4.75. The molecule has 0 N–H and O–H groups in total. The van der Waals surface area contributed by atoms with E-state index in [-0.39, 0.29) is 23.7 Å². The Morgan fingerprint density at radius 3 is 2.90 bits per heavy atom. The highest BCUT2D eigenvalue weighted by Crippen LogP contribution is 2.39. The van der Waals surface area contributed by atoms with Gasteiger partial charge < -0.3 is 14.1 Å². The fourth-order valence-electron chi connectivity index (χ4n) is 2.10. The van der Waals surface area contributed by atoms with Crippen molar-refractivity contribution in [2.75, 3.05) is 18.9 Å². The maximum atomic E-state index is 11.9. The average molecular weight is 297 g/mol. The fourth-order valence-corrected chi connectivity index (χ4v) is 3.25. The molecule has 2 heterocycles. The zero-order valence-electron chi connectivity index (χ0n) is 12.0. The van der Waals surface area contributed by atoms with Crippen molar-refractivity contribution in [3.63, 3.8) is 0 Å². The predicted octanol–water partition coefficient (Wildman–Crippen LogP) is 2.42. The molecule has 0 aromatic carbocycles. The molecule has 1 aromatic heterocycles. The first kappa shape index (κ1) is 15.0. The van der Waals surface area contributed by atoms with Crippen molar-refractivity contribution < 1.29 is 18.7 Å². The summed E-state index contributed by atoms with van der Waals surface area (Å²) in [5.74, 6) is 1.83. The molecule has 0 aliphatic carbocycles. The molecule has 1 fully saturated rings. The van der Waals surface area contributed by atoms with E-state index in [4.69, 9.17) is 9.15 Å². The van der Waals surface area contributed by atoms with Crippen LogP contribution in [-0.2, 0) is 14.3 Å². The van der Waals surface area contributed by atoms with E-state index in [0.29, 0.717) is 18.9 Å². The minimum absolute atomic E-state index is 0.0380. The maximum absolute atomic E-state index is 11.9. The lowest BCUT2D eigenvalue weighted by atomic mass is 10.2. The maximum Gasteiger partial charge on any atom is 0.307 e. The second-order valence-corrected chi connectivity index (χ2v) is 5.76. The lowest BCUT2D eigenvalue weighted by Gasteiger charge is -2.21. The van der Waals surface area contributed by atoms with E-state index >= 15 is 0 Å². The molecule has 2 rings (SSSR count). The minimum atomic E-state index is -0.275. The van der Waals surface area contributed by atoms with E-state index in [0.717, 1.165) is 17.1 Å². The van der Waals surface area contributed by atoms with Gasteiger partial charge >= 0.3 is 5.97 Å². The van der Waals surface area contributed by atoms with Gasteiger partial charge in [-0.05, 0) is 32.4 Å². The van der Waals surface area contributed by atoms with Gasteiger partial charge in [-0.3, -0.25) is 9.59 Å². The standard InChI is InChI=1S/C14H19NO4S/c1-4-18-13(17)5-6-15-12(16)8-20-14(15)11-7-9(2)10(3)19-11/h7,14H,4-6,8H2,1-3H3. The summed E-state index contributed by atoms with van der Waals surface area (Å²) in [4.78, 5) is 25.0. The molecule has 6 heteroatoms. The van der Waals surface area contributed by atoms with Crippen LogP contribution in [0.4, 0.5) is 0 Å². The Morgan fingerprint density at radius 2 is 2.30 bits per heavy atom. The van der Waals surface area contributed by atoms with Crippen LogP contribution in [-0.4, -0.2) is 35.7 Å². The van der Waals surface area contributed by atoms with Gasteiger partial charge in [-0.2, -0.15) is 0 Å². The molecule has 110 valence electrons. The van der Waals surface area contributed by atoms with Crippen LogP contribution in [0, 0.1) is 13.8 Å². The Bertz CT molecular complexity index is 492. The van der Waals surface area contributed by atoms with Gasteiger partial charge in [0.2, 0.25) is 5.91 Å². The second kappa shape index (κ2) is 6.35. The van der Waals surface area contributed by atoms with Crippen molar-refractivity contribution in [2.24, 2.45) is 0 Å². The van der Waals surface area contributed by atoms with Gasteiger partial charge in [-0.1, -0.05) is 0 Å². The van der Waals surface area contributed by atoms with Crippen LogP contribution in [0.5, 0.6) is 0 Å². The summed E-state index contributed by atoms with van der Waals surface area (Å²) in [6.45, 7) is 6.39. The third-order valence-electron chi connectivity index (χ3n) is 3.26. The average Bonchev–Trinajstić information content (AvgIpc) is 2.91. The topological polar surface area (TPSA) is 59.8 Å². The molecule has 0 bridgehead atoms. The van der Waals surface area contributed by atoms with Crippen LogP contribution in [0.3, 0.4) is 0 Å². The number of carbonyl (C=O) groups excluding carboxylic acids is 2. The number of nitrogens with zero attached hydrogens (tertiary/aromatic N) is 1. The summed E-state index contributed by atoms with van der Waals surface area (Å²) in [6, 6.07) is 1.96. The van der Waals surface area contributed by atoms with Crippen molar-refractivity contribution in [3.8, 4) is 0 Å². The lowest BCUT2D eigenvalue weighted by Crippen LogP contribution is -2.30. The largest absolute Gasteiger partial charge is 0.466 e. The molecule has 0 saturated carbocycles. The Labute approximate surface area is 122 Å². The Morgan fingerprint density at radius 1 is 1.55 bits per heavy atom. The van der Waals surface area contributed by atoms with Crippen molar-refractivity contribution in [1.29, 1.82) is 0 Å². The quantitative estimate of drug-likeness (QED) is 0.781. The molecular formula is C14H19NO4S. The summed E-state index contributed by atoms with van der Waals surface area (Å²) >= 11 is 1.53. The number of hydrogen-bond acceptors (Lipinski definition) is 5. The monoisotopic (exact) mass is 297 g/mol. The smallest absolute Gasteiger partial charge is 0.307 e. The third kappa shape index (κ3) is 3.17. The van der Waals surface area contributed by atoms with Crippen molar-refractivity contribution in [2.45, 2.75) is 32.6 Å². The number of hydrogen-bond donors (Lipinski definition) is 0. The van der Waals surface area contributed by atoms with Gasteiger partial charge in [-0.15, -0.1) is 11.8 Å². The number of aryl methyl sites for hydroxylation is 2. The van der Waals surface area contributed by atoms with Crippen LogP contribution in [0.15, 0.2) is 10.5 Å². The highest BCUT2D eigenvalue weighted by Gasteiger charge is 2.35. The summed E-state index contributed by atoms with van der Waals surface area (Å²) in [7, 11) is 0. The van der Waals surface area contributed by atoms with Crippen LogP contribution in [0.25, 0.3) is 0 Å². The molecule has 1 atom stereocenters. The van der Waals surface area contributed by atoms with Crippen LogP contribution >= 0.6 is 11.8 Å². The number of carbonyl (C=O) groups is 2. The Balaban J connectivity index is 2.05. The van der Waals surface area contributed by atoms with Crippen molar-refractivity contribution in [1.82, 2.24) is 4.90 Å². The second-order valence-electron chi connectivity index (χ2n) is 4.69. The van der Waals surface area contributed by atoms with Crippen molar-refractivity contribution >= 4 is 23.6 Å². The van der Waals surface area contributed by atoms with E-state index in [1.807, 2.05) is 19.9 Å².